The number of rotatable bonds is 5. The van der Waals surface area contributed by atoms with Gasteiger partial charge in [-0.25, -0.2) is 0 Å². The lowest BCUT2D eigenvalue weighted by molar-refractivity contribution is 0.547. The van der Waals surface area contributed by atoms with Crippen LogP contribution in [0.15, 0.2) is 51.4 Å². The zero-order chi connectivity index (χ0) is 14.5. The first kappa shape index (κ1) is 16.5. The molecule has 0 bridgehead atoms. The number of hydrogen-bond acceptors (Lipinski definition) is 1. The molecule has 4 heteroatoms. The zero-order valence-electron chi connectivity index (χ0n) is 11.2. The lowest BCUT2D eigenvalue weighted by Crippen LogP contribution is -2.23. The third-order valence-electron chi connectivity index (χ3n) is 3.14. The lowest BCUT2D eigenvalue weighted by atomic mass is 9.99. The second-order valence-electron chi connectivity index (χ2n) is 4.61. The molecule has 0 aromatic heterocycles. The molecule has 106 valence electrons. The minimum absolute atomic E-state index is 0.312. The number of halogens is 3. The van der Waals surface area contributed by atoms with Crippen molar-refractivity contribution in [2.24, 2.45) is 0 Å². The van der Waals surface area contributed by atoms with E-state index in [1.807, 2.05) is 0 Å². The Bertz CT molecular complexity index is 569. The van der Waals surface area contributed by atoms with Gasteiger partial charge in [0.2, 0.25) is 0 Å². The van der Waals surface area contributed by atoms with Crippen LogP contribution in [-0.4, -0.2) is 6.54 Å². The highest BCUT2D eigenvalue weighted by Gasteiger charge is 2.14. The van der Waals surface area contributed by atoms with Crippen molar-refractivity contribution < 1.29 is 0 Å². The topological polar surface area (TPSA) is 12.0 Å². The molecule has 0 aliphatic heterocycles. The highest BCUT2D eigenvalue weighted by molar-refractivity contribution is 14.1. The largest absolute Gasteiger partial charge is 0.310 e. The van der Waals surface area contributed by atoms with Crippen LogP contribution in [0, 0.1) is 3.57 Å². The van der Waals surface area contributed by atoms with Gasteiger partial charge in [-0.2, -0.15) is 0 Å². The molecule has 0 saturated heterocycles. The minimum atomic E-state index is 0.312. The molecule has 2 aromatic rings. The second-order valence-corrected chi connectivity index (χ2v) is 7.62. The molecular weight excluding hydrogens is 493 g/mol. The van der Waals surface area contributed by atoms with E-state index in [4.69, 9.17) is 0 Å². The van der Waals surface area contributed by atoms with Gasteiger partial charge in [0.15, 0.2) is 0 Å². The van der Waals surface area contributed by atoms with E-state index in [0.717, 1.165) is 21.9 Å². The van der Waals surface area contributed by atoms with E-state index in [9.17, 15) is 0 Å². The van der Waals surface area contributed by atoms with Crippen LogP contribution in [0.3, 0.4) is 0 Å². The Morgan fingerprint density at radius 3 is 2.45 bits per heavy atom. The molecule has 0 heterocycles. The summed E-state index contributed by atoms with van der Waals surface area (Å²) in [5.41, 5.74) is 2.64. The second kappa shape index (κ2) is 7.92. The summed E-state index contributed by atoms with van der Waals surface area (Å²) in [6, 6.07) is 15.4. The van der Waals surface area contributed by atoms with Crippen molar-refractivity contribution in [3.05, 3.63) is 66.1 Å². The van der Waals surface area contributed by atoms with Crippen LogP contribution >= 0.6 is 54.5 Å². The van der Waals surface area contributed by atoms with E-state index in [2.05, 4.69) is 109 Å². The molecule has 1 nitrogen and oxygen atoms in total. The molecule has 2 aromatic carbocycles. The van der Waals surface area contributed by atoms with Gasteiger partial charge in [-0.05, 0) is 77.0 Å². The van der Waals surface area contributed by atoms with Gasteiger partial charge in [0.1, 0.15) is 0 Å². The van der Waals surface area contributed by atoms with Crippen LogP contribution in [-0.2, 0) is 6.42 Å². The standard InChI is InChI=1S/C16H16Br2IN/c1-2-20-16(9-11-3-6-13(19)7-4-11)14-10-12(17)5-8-15(14)18/h3-8,10,16,20H,2,9H2,1H3. The number of benzene rings is 2. The Balaban J connectivity index is 2.26. The monoisotopic (exact) mass is 507 g/mol. The number of nitrogens with one attached hydrogen (secondary N) is 1. The van der Waals surface area contributed by atoms with E-state index in [0.29, 0.717) is 6.04 Å². The normalized spacial score (nSPS) is 12.4. The quantitative estimate of drug-likeness (QED) is 0.510. The summed E-state index contributed by atoms with van der Waals surface area (Å²) in [6.07, 6.45) is 0.986. The Kier molecular flexibility index (Phi) is 6.52. The molecular formula is C16H16Br2IN. The zero-order valence-corrected chi connectivity index (χ0v) is 16.5. The van der Waals surface area contributed by atoms with Crippen molar-refractivity contribution in [1.29, 1.82) is 0 Å². The maximum absolute atomic E-state index is 3.66. The van der Waals surface area contributed by atoms with Gasteiger partial charge >= 0.3 is 0 Å². The van der Waals surface area contributed by atoms with Gasteiger partial charge in [0, 0.05) is 18.6 Å². The van der Waals surface area contributed by atoms with Gasteiger partial charge in [-0.15, -0.1) is 0 Å². The molecule has 1 N–H and O–H groups in total. The molecule has 0 fully saturated rings. The Morgan fingerprint density at radius 2 is 1.80 bits per heavy atom. The fourth-order valence-electron chi connectivity index (χ4n) is 2.18. The SMILES string of the molecule is CCNC(Cc1ccc(I)cc1)c1cc(Br)ccc1Br. The molecule has 0 aliphatic carbocycles. The van der Waals surface area contributed by atoms with Gasteiger partial charge in [-0.3, -0.25) is 0 Å². The molecule has 0 aliphatic rings. The summed E-state index contributed by atoms with van der Waals surface area (Å²) < 4.78 is 3.54. The summed E-state index contributed by atoms with van der Waals surface area (Å²) in [4.78, 5) is 0. The average molecular weight is 509 g/mol. The van der Waals surface area contributed by atoms with E-state index >= 15 is 0 Å². The maximum atomic E-state index is 3.66. The number of hydrogen-bond donors (Lipinski definition) is 1. The van der Waals surface area contributed by atoms with Crippen molar-refractivity contribution in [2.75, 3.05) is 6.54 Å². The van der Waals surface area contributed by atoms with Crippen LogP contribution in [0.25, 0.3) is 0 Å². The molecule has 0 radical (unpaired) electrons. The van der Waals surface area contributed by atoms with Crippen molar-refractivity contribution in [2.45, 2.75) is 19.4 Å². The average Bonchev–Trinajstić information content (AvgIpc) is 2.43. The summed E-state index contributed by atoms with van der Waals surface area (Å²) in [7, 11) is 0. The summed E-state index contributed by atoms with van der Waals surface area (Å²) in [5, 5.41) is 3.58. The predicted octanol–water partition coefficient (Wildman–Crippen LogP) is 5.71. The first-order chi connectivity index (χ1) is 9.60. The first-order valence-electron chi connectivity index (χ1n) is 6.53. The fourth-order valence-corrected chi connectivity index (χ4v) is 3.44. The predicted molar refractivity (Wildman–Crippen MR) is 101 cm³/mol. The molecule has 0 amide bonds. The van der Waals surface area contributed by atoms with Crippen molar-refractivity contribution in [3.8, 4) is 0 Å². The third-order valence-corrected chi connectivity index (χ3v) is 5.07. The van der Waals surface area contributed by atoms with Crippen LogP contribution in [0.2, 0.25) is 0 Å². The van der Waals surface area contributed by atoms with E-state index in [-0.39, 0.29) is 0 Å². The molecule has 20 heavy (non-hydrogen) atoms. The van der Waals surface area contributed by atoms with E-state index in [1.54, 1.807) is 0 Å². The number of likely N-dealkylation sites (N-methyl/N-ethyl adjacent to an activating group) is 1. The third kappa shape index (κ3) is 4.55. The van der Waals surface area contributed by atoms with Gasteiger partial charge < -0.3 is 5.32 Å². The highest BCUT2D eigenvalue weighted by Crippen LogP contribution is 2.29. The molecule has 2 rings (SSSR count). The van der Waals surface area contributed by atoms with Crippen molar-refractivity contribution in [3.63, 3.8) is 0 Å². The Morgan fingerprint density at radius 1 is 1.10 bits per heavy atom. The molecule has 0 spiro atoms. The van der Waals surface area contributed by atoms with Gasteiger partial charge in [0.25, 0.3) is 0 Å². The van der Waals surface area contributed by atoms with Gasteiger partial charge in [0.05, 0.1) is 0 Å². The molecule has 0 saturated carbocycles. The fraction of sp³-hybridized carbons (Fsp3) is 0.250. The summed E-state index contributed by atoms with van der Waals surface area (Å²) >= 11 is 9.56. The van der Waals surface area contributed by atoms with Crippen molar-refractivity contribution >= 4 is 54.5 Å². The summed E-state index contributed by atoms with van der Waals surface area (Å²) in [6.45, 7) is 3.10. The maximum Gasteiger partial charge on any atom is 0.0372 e. The van der Waals surface area contributed by atoms with Gasteiger partial charge in [-0.1, -0.05) is 50.9 Å². The summed E-state index contributed by atoms with van der Waals surface area (Å²) in [5.74, 6) is 0. The van der Waals surface area contributed by atoms with Crippen LogP contribution in [0.1, 0.15) is 24.1 Å². The Labute approximate surface area is 150 Å². The molecule has 1 atom stereocenters. The van der Waals surface area contributed by atoms with Crippen LogP contribution in [0.4, 0.5) is 0 Å². The molecule has 1 unspecified atom stereocenters. The lowest BCUT2D eigenvalue weighted by Gasteiger charge is -2.20. The van der Waals surface area contributed by atoms with Crippen molar-refractivity contribution in [1.82, 2.24) is 5.32 Å². The van der Waals surface area contributed by atoms with E-state index < -0.39 is 0 Å². The Hall–Kier alpha value is 0.0900. The highest BCUT2D eigenvalue weighted by atomic mass is 127. The van der Waals surface area contributed by atoms with E-state index in [1.165, 1.54) is 14.7 Å². The minimum Gasteiger partial charge on any atom is -0.310 e. The van der Waals surface area contributed by atoms with Crippen LogP contribution < -0.4 is 5.32 Å². The smallest absolute Gasteiger partial charge is 0.0372 e. The first-order valence-corrected chi connectivity index (χ1v) is 9.19. The van der Waals surface area contributed by atoms with Crippen LogP contribution in [0.5, 0.6) is 0 Å².